The Balaban J connectivity index is 2.46. The summed E-state index contributed by atoms with van der Waals surface area (Å²) in [4.78, 5) is 0. The highest BCUT2D eigenvalue weighted by Crippen LogP contribution is 2.37. The second kappa shape index (κ2) is 9.85. The minimum Gasteiger partial charge on any atom is -0.407 e. The Kier molecular flexibility index (Phi) is 7.99. The van der Waals surface area contributed by atoms with Crippen molar-refractivity contribution in [3.8, 4) is 0 Å². The number of rotatable bonds is 10. The van der Waals surface area contributed by atoms with Crippen LogP contribution in [0.4, 0.5) is 0 Å². The smallest absolute Gasteiger partial charge is 0.264 e. The zero-order valence-corrected chi connectivity index (χ0v) is 19.6. The molecular formula is C23H32O4SSi. The fourth-order valence-corrected chi connectivity index (χ4v) is 8.72. The molecule has 4 nitrogen and oxygen atoms in total. The van der Waals surface area contributed by atoms with Crippen molar-refractivity contribution in [2.45, 2.75) is 32.2 Å². The van der Waals surface area contributed by atoms with Crippen LogP contribution < -0.4 is 10.4 Å². The third-order valence-electron chi connectivity index (χ3n) is 4.97. The lowest BCUT2D eigenvalue weighted by Gasteiger charge is -2.43. The second-order valence-corrected chi connectivity index (χ2v) is 14.3. The Morgan fingerprint density at radius 2 is 1.45 bits per heavy atom. The maximum absolute atomic E-state index is 11.5. The van der Waals surface area contributed by atoms with Crippen LogP contribution in [0.2, 0.25) is 5.04 Å². The van der Waals surface area contributed by atoms with E-state index in [0.717, 1.165) is 6.26 Å². The summed E-state index contributed by atoms with van der Waals surface area (Å²) in [6, 6.07) is 20.8. The predicted molar refractivity (Wildman–Crippen MR) is 123 cm³/mol. The normalized spacial score (nSPS) is 13.8. The first-order valence-electron chi connectivity index (χ1n) is 9.80. The van der Waals surface area contributed by atoms with E-state index in [9.17, 15) is 8.42 Å². The first kappa shape index (κ1) is 23.5. The minimum atomic E-state index is -3.50. The van der Waals surface area contributed by atoms with Crippen molar-refractivity contribution in [3.63, 3.8) is 0 Å². The van der Waals surface area contributed by atoms with E-state index >= 15 is 0 Å². The van der Waals surface area contributed by atoms with Crippen LogP contribution in [0.1, 0.15) is 27.2 Å². The SMILES string of the molecule is C=CC[C@@H](CO[Si](c1ccccc1)(c1ccccc1)C(C)(C)C)COS(C)(=O)=O. The quantitative estimate of drug-likeness (QED) is 0.326. The maximum Gasteiger partial charge on any atom is 0.264 e. The molecule has 0 heterocycles. The minimum absolute atomic E-state index is 0.0864. The highest BCUT2D eigenvalue weighted by Gasteiger charge is 2.50. The molecule has 2 rings (SSSR count). The number of allylic oxidation sites excluding steroid dienone is 1. The van der Waals surface area contributed by atoms with Crippen molar-refractivity contribution < 1.29 is 17.0 Å². The van der Waals surface area contributed by atoms with E-state index in [1.54, 1.807) is 6.08 Å². The lowest BCUT2D eigenvalue weighted by molar-refractivity contribution is 0.175. The molecule has 0 spiro atoms. The van der Waals surface area contributed by atoms with Crippen LogP contribution in [0, 0.1) is 5.92 Å². The van der Waals surface area contributed by atoms with Crippen molar-refractivity contribution in [2.24, 2.45) is 5.92 Å². The van der Waals surface area contributed by atoms with Gasteiger partial charge in [0.1, 0.15) is 0 Å². The monoisotopic (exact) mass is 432 g/mol. The van der Waals surface area contributed by atoms with Crippen molar-refractivity contribution in [3.05, 3.63) is 73.3 Å². The molecule has 158 valence electrons. The largest absolute Gasteiger partial charge is 0.407 e. The third kappa shape index (κ3) is 6.12. The number of hydrogen-bond donors (Lipinski definition) is 0. The van der Waals surface area contributed by atoms with Gasteiger partial charge in [-0.15, -0.1) is 6.58 Å². The molecule has 0 saturated heterocycles. The summed E-state index contributed by atoms with van der Waals surface area (Å²) in [5.41, 5.74) is 0. The summed E-state index contributed by atoms with van der Waals surface area (Å²) in [7, 11) is -6.16. The highest BCUT2D eigenvalue weighted by atomic mass is 32.2. The third-order valence-corrected chi connectivity index (χ3v) is 10.5. The van der Waals surface area contributed by atoms with Crippen LogP contribution in [-0.4, -0.2) is 36.2 Å². The number of benzene rings is 2. The van der Waals surface area contributed by atoms with Gasteiger partial charge in [-0.05, 0) is 21.8 Å². The Hall–Kier alpha value is -1.73. The molecule has 0 aliphatic rings. The molecule has 29 heavy (non-hydrogen) atoms. The summed E-state index contributed by atoms with van der Waals surface area (Å²) < 4.78 is 34.9. The molecule has 0 fully saturated rings. The molecule has 0 radical (unpaired) electrons. The van der Waals surface area contributed by atoms with Gasteiger partial charge in [-0.1, -0.05) is 87.5 Å². The molecule has 0 aromatic heterocycles. The van der Waals surface area contributed by atoms with Gasteiger partial charge in [0.05, 0.1) is 12.9 Å². The van der Waals surface area contributed by atoms with Gasteiger partial charge in [0.2, 0.25) is 0 Å². The van der Waals surface area contributed by atoms with Gasteiger partial charge in [-0.2, -0.15) is 8.42 Å². The van der Waals surface area contributed by atoms with E-state index in [2.05, 4.69) is 51.6 Å². The Morgan fingerprint density at radius 1 is 0.966 bits per heavy atom. The van der Waals surface area contributed by atoms with E-state index in [4.69, 9.17) is 8.61 Å². The summed E-state index contributed by atoms with van der Waals surface area (Å²) in [5.74, 6) is -0.0936. The van der Waals surface area contributed by atoms with Gasteiger partial charge in [-0.3, -0.25) is 4.18 Å². The van der Waals surface area contributed by atoms with Crippen LogP contribution in [0.25, 0.3) is 0 Å². The van der Waals surface area contributed by atoms with Gasteiger partial charge in [0, 0.05) is 12.5 Å². The highest BCUT2D eigenvalue weighted by molar-refractivity contribution is 7.85. The molecular weight excluding hydrogens is 400 g/mol. The maximum atomic E-state index is 11.5. The average molecular weight is 433 g/mol. The van der Waals surface area contributed by atoms with Crippen molar-refractivity contribution >= 4 is 28.8 Å². The van der Waals surface area contributed by atoms with Gasteiger partial charge in [0.15, 0.2) is 0 Å². The summed E-state index contributed by atoms with van der Waals surface area (Å²) >= 11 is 0. The van der Waals surface area contributed by atoms with Crippen molar-refractivity contribution in [1.82, 2.24) is 0 Å². The Morgan fingerprint density at radius 3 is 1.83 bits per heavy atom. The molecule has 0 saturated carbocycles. The molecule has 6 heteroatoms. The topological polar surface area (TPSA) is 52.6 Å². The van der Waals surface area contributed by atoms with Crippen LogP contribution >= 0.6 is 0 Å². The summed E-state index contributed by atoms with van der Waals surface area (Å²) in [5, 5.41) is 2.26. The van der Waals surface area contributed by atoms with E-state index < -0.39 is 18.4 Å². The van der Waals surface area contributed by atoms with Crippen molar-refractivity contribution in [2.75, 3.05) is 19.5 Å². The summed E-state index contributed by atoms with van der Waals surface area (Å²) in [6.45, 7) is 10.9. The van der Waals surface area contributed by atoms with E-state index in [-0.39, 0.29) is 17.6 Å². The fraction of sp³-hybridized carbons (Fsp3) is 0.391. The lowest BCUT2D eigenvalue weighted by atomic mass is 10.1. The first-order valence-corrected chi connectivity index (χ1v) is 13.5. The van der Waals surface area contributed by atoms with Crippen LogP contribution in [0.3, 0.4) is 0 Å². The Bertz CT molecular complexity index is 835. The lowest BCUT2D eigenvalue weighted by Crippen LogP contribution is -2.67. The molecule has 2 aromatic rings. The van der Waals surface area contributed by atoms with Crippen LogP contribution in [0.15, 0.2) is 73.3 Å². The molecule has 1 atom stereocenters. The van der Waals surface area contributed by atoms with E-state index in [1.807, 2.05) is 36.4 Å². The zero-order valence-electron chi connectivity index (χ0n) is 17.8. The van der Waals surface area contributed by atoms with Gasteiger partial charge < -0.3 is 4.43 Å². The van der Waals surface area contributed by atoms with Gasteiger partial charge in [-0.25, -0.2) is 0 Å². The molecule has 0 N–H and O–H groups in total. The molecule has 0 amide bonds. The molecule has 0 unspecified atom stereocenters. The van der Waals surface area contributed by atoms with E-state index in [1.165, 1.54) is 10.4 Å². The standard InChI is InChI=1S/C23H32O4SSi/c1-6-13-20(18-26-28(5,24)25)19-27-29(23(2,3)4,21-14-9-7-10-15-21)22-16-11-8-12-17-22/h6-12,14-17,20H,1,13,18-19H2,2-5H3/t20-/m1/s1. The predicted octanol–water partition coefficient (Wildman–Crippen LogP) is 3.73. The van der Waals surface area contributed by atoms with Crippen LogP contribution in [-0.2, 0) is 18.7 Å². The molecule has 0 aliphatic carbocycles. The van der Waals surface area contributed by atoms with Gasteiger partial charge in [0.25, 0.3) is 18.4 Å². The summed E-state index contributed by atoms with van der Waals surface area (Å²) in [6.07, 6.45) is 3.47. The first-order chi connectivity index (χ1) is 13.6. The molecule has 0 aliphatic heterocycles. The molecule has 2 aromatic carbocycles. The van der Waals surface area contributed by atoms with E-state index in [0.29, 0.717) is 13.0 Å². The Labute approximate surface area is 176 Å². The fourth-order valence-electron chi connectivity index (χ4n) is 3.64. The molecule has 0 bridgehead atoms. The number of hydrogen-bond acceptors (Lipinski definition) is 4. The average Bonchev–Trinajstić information content (AvgIpc) is 2.66. The second-order valence-electron chi connectivity index (χ2n) is 8.35. The van der Waals surface area contributed by atoms with Crippen molar-refractivity contribution in [1.29, 1.82) is 0 Å². The zero-order chi connectivity index (χ0) is 21.5. The van der Waals surface area contributed by atoms with Gasteiger partial charge >= 0.3 is 0 Å². The van der Waals surface area contributed by atoms with Crippen LogP contribution in [0.5, 0.6) is 0 Å².